The summed E-state index contributed by atoms with van der Waals surface area (Å²) in [4.78, 5) is 16.8. The zero-order valence-corrected chi connectivity index (χ0v) is 17.6. The van der Waals surface area contributed by atoms with Crippen molar-refractivity contribution in [2.45, 2.75) is 38.8 Å². The van der Waals surface area contributed by atoms with Gasteiger partial charge in [0.25, 0.3) is 0 Å². The Labute approximate surface area is 172 Å². The molecule has 3 rings (SSSR count). The van der Waals surface area contributed by atoms with E-state index in [1.165, 1.54) is 12.8 Å². The number of hydrogen-bond acceptors (Lipinski definition) is 4. The first-order valence-corrected chi connectivity index (χ1v) is 10.2. The first-order valence-electron chi connectivity index (χ1n) is 8.74. The molecule has 1 atom stereocenters. The lowest BCUT2D eigenvalue weighted by Crippen LogP contribution is -2.26. The summed E-state index contributed by atoms with van der Waals surface area (Å²) in [5, 5.41) is 0.407. The molecule has 1 heterocycles. The van der Waals surface area contributed by atoms with Gasteiger partial charge in [-0.05, 0) is 66.5 Å². The van der Waals surface area contributed by atoms with Crippen molar-refractivity contribution < 1.29 is 14.3 Å². The van der Waals surface area contributed by atoms with E-state index in [-0.39, 0.29) is 6.10 Å². The minimum Gasteiger partial charge on any atom is -0.457 e. The monoisotopic (exact) mass is 488 g/mol. The summed E-state index contributed by atoms with van der Waals surface area (Å²) in [5.74, 6) is 1.20. The first-order chi connectivity index (χ1) is 12.5. The number of nitrogens with zero attached hydrogens (tertiary/aromatic N) is 2. The van der Waals surface area contributed by atoms with Crippen LogP contribution in [0.4, 0.5) is 0 Å². The fourth-order valence-corrected chi connectivity index (χ4v) is 3.56. The van der Waals surface area contributed by atoms with Gasteiger partial charge in [-0.25, -0.2) is 9.78 Å². The molecule has 1 aromatic heterocycles. The third kappa shape index (κ3) is 5.69. The Hall–Kier alpha value is -1.12. The van der Waals surface area contributed by atoms with Crippen LogP contribution in [0.25, 0.3) is 0 Å². The average Bonchev–Trinajstić information content (AvgIpc) is 3.33. The summed E-state index contributed by atoms with van der Waals surface area (Å²) in [5.41, 5.74) is 0.387. The third-order valence-corrected chi connectivity index (χ3v) is 5.37. The van der Waals surface area contributed by atoms with E-state index in [1.54, 1.807) is 18.3 Å². The molecule has 140 valence electrons. The fourth-order valence-electron chi connectivity index (χ4n) is 2.62. The van der Waals surface area contributed by atoms with Gasteiger partial charge in [-0.2, -0.15) is 0 Å². The quantitative estimate of drug-likeness (QED) is 0.296. The first kappa shape index (κ1) is 19.6. The van der Waals surface area contributed by atoms with Gasteiger partial charge in [0.15, 0.2) is 0 Å². The lowest BCUT2D eigenvalue weighted by atomic mass is 10.2. The SMILES string of the molecule is Cc1nccn1CC(CCOCC1CC1)OC(=O)c1ccc(I)cc1Cl. The highest BCUT2D eigenvalue weighted by Gasteiger charge is 2.22. The van der Waals surface area contributed by atoms with E-state index >= 15 is 0 Å². The lowest BCUT2D eigenvalue weighted by molar-refractivity contribution is 0.0127. The van der Waals surface area contributed by atoms with Crippen LogP contribution in [-0.2, 0) is 16.0 Å². The van der Waals surface area contributed by atoms with Crippen molar-refractivity contribution in [2.75, 3.05) is 13.2 Å². The normalized spacial score (nSPS) is 15.0. The summed E-state index contributed by atoms with van der Waals surface area (Å²) in [7, 11) is 0. The standard InChI is InChI=1S/C19H22ClIN2O3/c1-13-22-7-8-23(13)11-16(6-9-25-12-14-2-3-14)26-19(24)17-5-4-15(21)10-18(17)20/h4-5,7-8,10,14,16H,2-3,6,9,11-12H2,1H3. The zero-order valence-electron chi connectivity index (χ0n) is 14.7. The maximum Gasteiger partial charge on any atom is 0.339 e. The minimum atomic E-state index is -0.406. The predicted octanol–water partition coefficient (Wildman–Crippen LogP) is 4.49. The molecule has 1 saturated carbocycles. The fraction of sp³-hybridized carbons (Fsp3) is 0.474. The highest BCUT2D eigenvalue weighted by Crippen LogP contribution is 2.29. The van der Waals surface area contributed by atoms with Gasteiger partial charge in [0.2, 0.25) is 0 Å². The van der Waals surface area contributed by atoms with Crippen LogP contribution < -0.4 is 0 Å². The van der Waals surface area contributed by atoms with Crippen LogP contribution in [0.2, 0.25) is 5.02 Å². The van der Waals surface area contributed by atoms with Crippen molar-refractivity contribution in [3.05, 3.63) is 50.6 Å². The molecule has 1 fully saturated rings. The van der Waals surface area contributed by atoms with Gasteiger partial charge in [0, 0.05) is 29.0 Å². The highest BCUT2D eigenvalue weighted by molar-refractivity contribution is 14.1. The number of esters is 1. The van der Waals surface area contributed by atoms with Crippen LogP contribution in [0.5, 0.6) is 0 Å². The van der Waals surface area contributed by atoms with E-state index in [9.17, 15) is 4.79 Å². The summed E-state index contributed by atoms with van der Waals surface area (Å²) in [6, 6.07) is 5.30. The largest absolute Gasteiger partial charge is 0.457 e. The van der Waals surface area contributed by atoms with E-state index in [1.807, 2.05) is 23.8 Å². The summed E-state index contributed by atoms with van der Waals surface area (Å²) in [6.07, 6.45) is 6.49. The minimum absolute atomic E-state index is 0.301. The van der Waals surface area contributed by atoms with E-state index in [0.29, 0.717) is 30.2 Å². The number of aryl methyl sites for hydroxylation is 1. The van der Waals surface area contributed by atoms with Gasteiger partial charge in [-0.3, -0.25) is 0 Å². The van der Waals surface area contributed by atoms with Gasteiger partial charge in [0.1, 0.15) is 11.9 Å². The molecule has 0 N–H and O–H groups in total. The van der Waals surface area contributed by atoms with Crippen molar-refractivity contribution in [3.8, 4) is 0 Å². The highest BCUT2D eigenvalue weighted by atomic mass is 127. The molecule has 0 bridgehead atoms. The van der Waals surface area contributed by atoms with Crippen LogP contribution in [-0.4, -0.2) is 34.8 Å². The molecule has 1 aliphatic carbocycles. The van der Waals surface area contributed by atoms with Crippen molar-refractivity contribution in [1.29, 1.82) is 0 Å². The van der Waals surface area contributed by atoms with Crippen LogP contribution in [0.15, 0.2) is 30.6 Å². The van der Waals surface area contributed by atoms with Gasteiger partial charge in [-0.15, -0.1) is 0 Å². The van der Waals surface area contributed by atoms with Gasteiger partial charge >= 0.3 is 5.97 Å². The second-order valence-electron chi connectivity index (χ2n) is 6.59. The Morgan fingerprint density at radius 1 is 1.46 bits per heavy atom. The average molecular weight is 489 g/mol. The maximum atomic E-state index is 12.6. The van der Waals surface area contributed by atoms with Crippen molar-refractivity contribution in [3.63, 3.8) is 0 Å². The van der Waals surface area contributed by atoms with Crippen LogP contribution in [0.3, 0.4) is 0 Å². The molecule has 2 aromatic rings. The second-order valence-corrected chi connectivity index (χ2v) is 8.24. The zero-order chi connectivity index (χ0) is 18.5. The summed E-state index contributed by atoms with van der Waals surface area (Å²) in [6.45, 7) is 3.85. The summed E-state index contributed by atoms with van der Waals surface area (Å²) >= 11 is 8.36. The predicted molar refractivity (Wildman–Crippen MR) is 108 cm³/mol. The smallest absolute Gasteiger partial charge is 0.339 e. The molecule has 5 nitrogen and oxygen atoms in total. The van der Waals surface area contributed by atoms with Crippen LogP contribution in [0.1, 0.15) is 35.4 Å². The number of rotatable bonds is 9. The molecule has 1 aromatic carbocycles. The molecule has 26 heavy (non-hydrogen) atoms. The summed E-state index contributed by atoms with van der Waals surface area (Å²) < 4.78 is 14.4. The number of ether oxygens (including phenoxy) is 2. The second kappa shape index (κ2) is 9.19. The van der Waals surface area contributed by atoms with E-state index in [2.05, 4.69) is 27.6 Å². The van der Waals surface area contributed by atoms with Gasteiger partial charge in [-0.1, -0.05) is 11.6 Å². The molecule has 7 heteroatoms. The molecule has 0 aliphatic heterocycles. The molecule has 0 saturated heterocycles. The molecular weight excluding hydrogens is 467 g/mol. The van der Waals surface area contributed by atoms with Gasteiger partial charge < -0.3 is 14.0 Å². The molecular formula is C19H22ClIN2O3. The van der Waals surface area contributed by atoms with E-state index in [0.717, 1.165) is 21.9 Å². The number of hydrogen-bond donors (Lipinski definition) is 0. The van der Waals surface area contributed by atoms with Crippen LogP contribution >= 0.6 is 34.2 Å². The number of carbonyl (C=O) groups excluding carboxylic acids is 1. The van der Waals surface area contributed by atoms with Crippen molar-refractivity contribution >= 4 is 40.2 Å². The Morgan fingerprint density at radius 2 is 2.27 bits per heavy atom. The Bertz CT molecular complexity index is 761. The number of halogens is 2. The van der Waals surface area contributed by atoms with Gasteiger partial charge in [0.05, 0.1) is 23.7 Å². The molecule has 1 unspecified atom stereocenters. The number of carbonyl (C=O) groups is 1. The molecule has 0 radical (unpaired) electrons. The Morgan fingerprint density at radius 3 is 2.92 bits per heavy atom. The number of benzene rings is 1. The molecule has 1 aliphatic rings. The number of aromatic nitrogens is 2. The molecule has 0 spiro atoms. The third-order valence-electron chi connectivity index (χ3n) is 4.38. The van der Waals surface area contributed by atoms with Crippen LogP contribution in [0, 0.1) is 16.4 Å². The molecule has 0 amide bonds. The topological polar surface area (TPSA) is 53.4 Å². The van der Waals surface area contributed by atoms with E-state index in [4.69, 9.17) is 21.1 Å². The number of imidazole rings is 1. The Balaban J connectivity index is 1.62. The lowest BCUT2D eigenvalue weighted by Gasteiger charge is -2.20. The van der Waals surface area contributed by atoms with Crippen molar-refractivity contribution in [2.24, 2.45) is 5.92 Å². The van der Waals surface area contributed by atoms with Crippen molar-refractivity contribution in [1.82, 2.24) is 9.55 Å². The maximum absolute atomic E-state index is 12.6. The van der Waals surface area contributed by atoms with E-state index < -0.39 is 5.97 Å². The Kier molecular flexibility index (Phi) is 6.94.